The van der Waals surface area contributed by atoms with Crippen LogP contribution in [0.3, 0.4) is 0 Å². The summed E-state index contributed by atoms with van der Waals surface area (Å²) in [5.74, 6) is 0. The smallest absolute Gasteiger partial charge is 0.171 e. The molecule has 3 aromatic carbocycles. The lowest BCUT2D eigenvalue weighted by atomic mass is 10.4. The second-order valence-electron chi connectivity index (χ2n) is 8.91. The molecule has 0 aliphatic heterocycles. The predicted molar refractivity (Wildman–Crippen MR) is 153 cm³/mol. The van der Waals surface area contributed by atoms with Gasteiger partial charge in [0.15, 0.2) is 7.14 Å². The first kappa shape index (κ1) is 28.4. The zero-order valence-electron chi connectivity index (χ0n) is 21.2. The number of unbranched alkanes of at least 4 members (excludes halogenated alkanes) is 3. The summed E-state index contributed by atoms with van der Waals surface area (Å²) in [5, 5.41) is 2.62. The van der Waals surface area contributed by atoms with Gasteiger partial charge in [-0.05, 0) is 19.3 Å². The van der Waals surface area contributed by atoms with Gasteiger partial charge >= 0.3 is 0 Å². The average molecular weight is 497 g/mol. The van der Waals surface area contributed by atoms with Gasteiger partial charge in [-0.15, -0.1) is 0 Å². The van der Waals surface area contributed by atoms with Crippen LogP contribution in [0.2, 0.25) is 0 Å². The van der Waals surface area contributed by atoms with Crippen molar-refractivity contribution in [1.82, 2.24) is 0 Å². The van der Waals surface area contributed by atoms with Crippen LogP contribution >= 0.6 is 14.3 Å². The van der Waals surface area contributed by atoms with Crippen molar-refractivity contribution in [3.63, 3.8) is 0 Å². The van der Waals surface area contributed by atoms with Crippen LogP contribution in [0.1, 0.15) is 59.3 Å². The molecule has 3 rings (SSSR count). The summed E-state index contributed by atoms with van der Waals surface area (Å²) in [6.07, 6.45) is 10.0. The van der Waals surface area contributed by atoms with Gasteiger partial charge in [-0.2, -0.15) is 0 Å². The summed E-state index contributed by atoms with van der Waals surface area (Å²) in [4.78, 5) is 0. The Balaban J connectivity index is 0.000000259. The van der Waals surface area contributed by atoms with Gasteiger partial charge in [-0.1, -0.05) is 131 Å². The van der Waals surface area contributed by atoms with Crippen LogP contribution in [0.25, 0.3) is 0 Å². The highest BCUT2D eigenvalue weighted by Gasteiger charge is 2.28. The Morgan fingerprint density at radius 3 is 0.971 bits per heavy atom. The first-order chi connectivity index (χ1) is 16.5. The number of benzene rings is 3. The van der Waals surface area contributed by atoms with Crippen LogP contribution in [-0.4, -0.2) is 18.5 Å². The topological polar surface area (TPSA) is 34.1 Å². The zero-order chi connectivity index (χ0) is 24.7. The fourth-order valence-corrected chi connectivity index (χ4v) is 10.1. The van der Waals surface area contributed by atoms with E-state index in [9.17, 15) is 9.13 Å². The van der Waals surface area contributed by atoms with Crippen molar-refractivity contribution < 1.29 is 9.13 Å². The fraction of sp³-hybridized carbons (Fsp3) is 0.400. The molecule has 0 saturated carbocycles. The van der Waals surface area contributed by atoms with Crippen LogP contribution in [0.15, 0.2) is 91.0 Å². The van der Waals surface area contributed by atoms with E-state index in [-0.39, 0.29) is 0 Å². The minimum atomic E-state index is -2.78. The van der Waals surface area contributed by atoms with Crippen LogP contribution in [-0.2, 0) is 9.13 Å². The summed E-state index contributed by atoms with van der Waals surface area (Å²) in [7, 11) is -4.55. The van der Waals surface area contributed by atoms with E-state index in [1.165, 1.54) is 19.3 Å². The average Bonchev–Trinajstić information content (AvgIpc) is 2.91. The lowest BCUT2D eigenvalue weighted by Crippen LogP contribution is -2.24. The van der Waals surface area contributed by atoms with E-state index in [4.69, 9.17) is 0 Å². The van der Waals surface area contributed by atoms with Crippen molar-refractivity contribution in [2.75, 3.05) is 18.5 Å². The fourth-order valence-electron chi connectivity index (χ4n) is 4.04. The third kappa shape index (κ3) is 8.41. The molecule has 4 heteroatoms. The van der Waals surface area contributed by atoms with Gasteiger partial charge in [-0.25, -0.2) is 0 Å². The van der Waals surface area contributed by atoms with Crippen molar-refractivity contribution in [1.29, 1.82) is 0 Å². The second kappa shape index (κ2) is 15.2. The second-order valence-corrected chi connectivity index (χ2v) is 15.1. The Labute approximate surface area is 208 Å². The van der Waals surface area contributed by atoms with Gasteiger partial charge in [-0.3, -0.25) is 0 Å². The molecule has 0 spiro atoms. The predicted octanol–water partition coefficient (Wildman–Crippen LogP) is 8.08. The number of hydrogen-bond acceptors (Lipinski definition) is 2. The van der Waals surface area contributed by atoms with E-state index in [2.05, 4.69) is 20.8 Å². The Morgan fingerprint density at radius 1 is 0.471 bits per heavy atom. The molecule has 0 aliphatic carbocycles. The molecule has 0 N–H and O–H groups in total. The summed E-state index contributed by atoms with van der Waals surface area (Å²) < 4.78 is 26.3. The minimum Gasteiger partial charge on any atom is -0.324 e. The molecule has 0 aliphatic rings. The van der Waals surface area contributed by atoms with Crippen molar-refractivity contribution in [2.45, 2.75) is 59.3 Å². The molecule has 0 aromatic heterocycles. The molecule has 0 amide bonds. The first-order valence-electron chi connectivity index (χ1n) is 12.8. The van der Waals surface area contributed by atoms with Crippen molar-refractivity contribution in [3.05, 3.63) is 91.0 Å². The monoisotopic (exact) mass is 496 g/mol. The van der Waals surface area contributed by atoms with Crippen molar-refractivity contribution in [3.8, 4) is 0 Å². The van der Waals surface area contributed by atoms with Crippen LogP contribution in [0.4, 0.5) is 0 Å². The summed E-state index contributed by atoms with van der Waals surface area (Å²) in [6, 6.07) is 29.1. The molecule has 34 heavy (non-hydrogen) atoms. The normalized spacial score (nSPS) is 11.5. The van der Waals surface area contributed by atoms with Gasteiger partial charge in [0.05, 0.1) is 7.14 Å². The maximum absolute atomic E-state index is 13.8. The zero-order valence-corrected chi connectivity index (χ0v) is 23.0. The summed E-state index contributed by atoms with van der Waals surface area (Å²) >= 11 is 0. The van der Waals surface area contributed by atoms with Crippen LogP contribution < -0.4 is 15.9 Å². The molecule has 0 bridgehead atoms. The van der Waals surface area contributed by atoms with E-state index in [1.807, 2.05) is 91.0 Å². The highest BCUT2D eigenvalue weighted by molar-refractivity contribution is 7.85. The van der Waals surface area contributed by atoms with Crippen molar-refractivity contribution >= 4 is 30.2 Å². The van der Waals surface area contributed by atoms with Crippen LogP contribution in [0.5, 0.6) is 0 Å². The van der Waals surface area contributed by atoms with Gasteiger partial charge < -0.3 is 9.13 Å². The standard InChI is InChI=1S/C18H15OP.C12H27OP/c19-20(16-10-4-1-5-11-16,17-12-6-2-7-13-17)18-14-8-3-9-15-18;1-4-7-10-14(13,11-8-5-2)12-9-6-3/h1-15H;4-12H2,1-3H3. The highest BCUT2D eigenvalue weighted by Crippen LogP contribution is 2.48. The molecule has 0 heterocycles. The Kier molecular flexibility index (Phi) is 12.7. The summed E-state index contributed by atoms with van der Waals surface area (Å²) in [6.45, 7) is 6.55. The Morgan fingerprint density at radius 2 is 0.735 bits per heavy atom. The molecule has 0 atom stereocenters. The van der Waals surface area contributed by atoms with E-state index >= 15 is 0 Å². The van der Waals surface area contributed by atoms with Gasteiger partial charge in [0.2, 0.25) is 0 Å². The van der Waals surface area contributed by atoms with Crippen LogP contribution in [0, 0.1) is 0 Å². The SMILES string of the molecule is CCCCP(=O)(CCCC)CCCC.O=P(c1ccccc1)(c1ccccc1)c1ccccc1. The molecule has 0 unspecified atom stereocenters. The van der Waals surface area contributed by atoms with Gasteiger partial charge in [0.1, 0.15) is 0 Å². The molecule has 3 aromatic rings. The number of rotatable bonds is 12. The maximum Gasteiger partial charge on any atom is 0.171 e. The van der Waals surface area contributed by atoms with Gasteiger partial charge in [0.25, 0.3) is 0 Å². The van der Waals surface area contributed by atoms with E-state index in [0.29, 0.717) is 0 Å². The Bertz CT molecular complexity index is 885. The third-order valence-corrected chi connectivity index (χ3v) is 12.6. The maximum atomic E-state index is 13.8. The van der Waals surface area contributed by atoms with Gasteiger partial charge in [0, 0.05) is 34.4 Å². The minimum absolute atomic E-state index is 0.873. The Hall–Kier alpha value is -1.88. The van der Waals surface area contributed by atoms with E-state index in [0.717, 1.165) is 53.7 Å². The molecular weight excluding hydrogens is 454 g/mol. The van der Waals surface area contributed by atoms with E-state index < -0.39 is 14.3 Å². The van der Waals surface area contributed by atoms with E-state index in [1.54, 1.807) is 0 Å². The largest absolute Gasteiger partial charge is 0.324 e. The molecule has 0 radical (unpaired) electrons. The first-order valence-corrected chi connectivity index (χ1v) is 16.8. The molecule has 184 valence electrons. The lowest BCUT2D eigenvalue weighted by molar-refractivity contribution is 0.567. The highest BCUT2D eigenvalue weighted by atomic mass is 31.2. The third-order valence-electron chi connectivity index (χ3n) is 6.12. The molecular formula is C30H42O2P2. The quantitative estimate of drug-likeness (QED) is 0.238. The molecule has 0 saturated heterocycles. The molecule has 2 nitrogen and oxygen atoms in total. The lowest BCUT2D eigenvalue weighted by Gasteiger charge is -2.19. The molecule has 0 fully saturated rings. The summed E-state index contributed by atoms with van der Waals surface area (Å²) in [5.41, 5.74) is 0. The van der Waals surface area contributed by atoms with Crippen molar-refractivity contribution in [2.24, 2.45) is 0 Å². The number of hydrogen-bond donors (Lipinski definition) is 0.